The highest BCUT2D eigenvalue weighted by Gasteiger charge is 2.42. The molecule has 6 rings (SSSR count). The molecule has 3 heterocycles. The number of aryl methyl sites for hydroxylation is 1. The Hall–Kier alpha value is -3.79. The van der Waals surface area contributed by atoms with Gasteiger partial charge in [0.05, 0.1) is 18.3 Å². The Morgan fingerprint density at radius 2 is 1.56 bits per heavy atom. The summed E-state index contributed by atoms with van der Waals surface area (Å²) >= 11 is 0. The number of nitrogens with zero attached hydrogens (tertiary/aromatic N) is 3. The third-order valence-corrected chi connectivity index (χ3v) is 7.21. The van der Waals surface area contributed by atoms with E-state index >= 15 is 0 Å². The molecule has 0 aliphatic carbocycles. The lowest BCUT2D eigenvalue weighted by Crippen LogP contribution is -2.47. The topological polar surface area (TPSA) is 23.5 Å². The van der Waals surface area contributed by atoms with Crippen LogP contribution < -0.4 is 14.4 Å². The highest BCUT2D eigenvalue weighted by molar-refractivity contribution is 6.09. The van der Waals surface area contributed by atoms with Gasteiger partial charge in [-0.05, 0) is 63.6 Å². The summed E-state index contributed by atoms with van der Waals surface area (Å²) in [4.78, 5) is 4.94. The third-order valence-electron chi connectivity index (χ3n) is 7.21. The molecule has 4 nitrogen and oxygen atoms in total. The number of anilines is 3. The molecule has 0 saturated carbocycles. The molecule has 1 unspecified atom stereocenters. The van der Waals surface area contributed by atoms with Gasteiger partial charge in [-0.15, -0.1) is 0 Å². The summed E-state index contributed by atoms with van der Waals surface area (Å²) in [5.74, 6) is 1.16. The molecule has 1 aliphatic rings. The second kappa shape index (κ2) is 7.63. The van der Waals surface area contributed by atoms with Gasteiger partial charge in [-0.2, -0.15) is 0 Å². The van der Waals surface area contributed by atoms with Gasteiger partial charge in [0.15, 0.2) is 11.9 Å². The van der Waals surface area contributed by atoms with E-state index in [0.717, 1.165) is 39.0 Å². The number of hydrogen-bond acceptors (Lipinski definition) is 3. The van der Waals surface area contributed by atoms with Crippen LogP contribution in [-0.4, -0.2) is 12.2 Å². The second-order valence-corrected chi connectivity index (χ2v) is 9.55. The van der Waals surface area contributed by atoms with Gasteiger partial charge in [-0.3, -0.25) is 0 Å². The standard InChI is InChI=1S/C30H30N3O/c1-19(2)32-21(4)33(25-13-8-7-12-24(25)32)28-16-10-14-26(31(28)5)29-20(3)17-18-23-22-11-6-9-15-27(22)34-30(23)29/h6-19,21H,1-5H3/q+1. The minimum Gasteiger partial charge on any atom is -0.455 e. The van der Waals surface area contributed by atoms with E-state index in [-0.39, 0.29) is 6.17 Å². The van der Waals surface area contributed by atoms with E-state index in [1.165, 1.54) is 16.9 Å². The molecular formula is C30H30N3O+. The lowest BCUT2D eigenvalue weighted by Gasteiger charge is -2.29. The first-order chi connectivity index (χ1) is 16.5. The summed E-state index contributed by atoms with van der Waals surface area (Å²) in [6.07, 6.45) is 0.210. The first-order valence-electron chi connectivity index (χ1n) is 12.0. The van der Waals surface area contributed by atoms with Crippen molar-refractivity contribution in [3.05, 3.63) is 84.4 Å². The third kappa shape index (κ3) is 2.88. The van der Waals surface area contributed by atoms with E-state index in [1.807, 2.05) is 12.1 Å². The fraction of sp³-hybridized carbons (Fsp3) is 0.233. The number of furan rings is 1. The van der Waals surface area contributed by atoms with Crippen molar-refractivity contribution in [2.24, 2.45) is 7.05 Å². The zero-order chi connectivity index (χ0) is 23.6. The van der Waals surface area contributed by atoms with Crippen molar-refractivity contribution in [3.8, 4) is 11.3 Å². The van der Waals surface area contributed by atoms with Crippen molar-refractivity contribution in [1.29, 1.82) is 0 Å². The van der Waals surface area contributed by atoms with Crippen LogP contribution in [0.3, 0.4) is 0 Å². The van der Waals surface area contributed by atoms with Crippen LogP contribution in [0.4, 0.5) is 17.2 Å². The van der Waals surface area contributed by atoms with Crippen molar-refractivity contribution < 1.29 is 8.98 Å². The van der Waals surface area contributed by atoms with Crippen molar-refractivity contribution in [3.63, 3.8) is 0 Å². The molecule has 0 radical (unpaired) electrons. The first-order valence-corrected chi connectivity index (χ1v) is 12.0. The van der Waals surface area contributed by atoms with Crippen molar-refractivity contribution in [2.45, 2.75) is 39.9 Å². The zero-order valence-corrected chi connectivity index (χ0v) is 20.4. The average Bonchev–Trinajstić information content (AvgIpc) is 3.34. The highest BCUT2D eigenvalue weighted by Crippen LogP contribution is 2.44. The first kappa shape index (κ1) is 20.8. The number of para-hydroxylation sites is 3. The Morgan fingerprint density at radius 3 is 2.35 bits per heavy atom. The maximum atomic E-state index is 6.43. The van der Waals surface area contributed by atoms with E-state index in [9.17, 15) is 0 Å². The summed E-state index contributed by atoms with van der Waals surface area (Å²) < 4.78 is 8.74. The lowest BCUT2D eigenvalue weighted by molar-refractivity contribution is -0.647. The minimum atomic E-state index is 0.210. The predicted octanol–water partition coefficient (Wildman–Crippen LogP) is 7.10. The maximum absolute atomic E-state index is 6.43. The molecule has 0 saturated heterocycles. The largest absolute Gasteiger partial charge is 0.455 e. The van der Waals surface area contributed by atoms with Crippen LogP contribution in [-0.2, 0) is 7.05 Å². The summed E-state index contributed by atoms with van der Waals surface area (Å²) in [5.41, 5.74) is 7.91. The number of aromatic nitrogens is 1. The van der Waals surface area contributed by atoms with E-state index in [0.29, 0.717) is 6.04 Å². The van der Waals surface area contributed by atoms with Gasteiger partial charge in [0.2, 0.25) is 0 Å². The summed E-state index contributed by atoms with van der Waals surface area (Å²) in [6, 6.07) is 28.4. The van der Waals surface area contributed by atoms with Gasteiger partial charge in [-0.25, -0.2) is 9.47 Å². The average molecular weight is 449 g/mol. The van der Waals surface area contributed by atoms with Gasteiger partial charge in [0.25, 0.3) is 5.82 Å². The molecule has 2 aromatic heterocycles. The van der Waals surface area contributed by atoms with E-state index in [1.54, 1.807) is 0 Å². The van der Waals surface area contributed by atoms with Crippen LogP contribution in [0.15, 0.2) is 83.3 Å². The smallest absolute Gasteiger partial charge is 0.283 e. The van der Waals surface area contributed by atoms with Crippen LogP contribution in [0.2, 0.25) is 0 Å². The van der Waals surface area contributed by atoms with Crippen LogP contribution >= 0.6 is 0 Å². The predicted molar refractivity (Wildman–Crippen MR) is 141 cm³/mol. The monoisotopic (exact) mass is 448 g/mol. The fourth-order valence-corrected chi connectivity index (χ4v) is 5.71. The quantitative estimate of drug-likeness (QED) is 0.275. The Balaban J connectivity index is 1.58. The molecule has 170 valence electrons. The Bertz CT molecular complexity index is 1550. The van der Waals surface area contributed by atoms with Crippen molar-refractivity contribution in [2.75, 3.05) is 9.80 Å². The highest BCUT2D eigenvalue weighted by atomic mass is 16.3. The van der Waals surface area contributed by atoms with Crippen LogP contribution in [0.25, 0.3) is 33.2 Å². The van der Waals surface area contributed by atoms with E-state index < -0.39 is 0 Å². The normalized spacial score (nSPS) is 15.6. The molecule has 0 bridgehead atoms. The molecule has 0 fully saturated rings. The van der Waals surface area contributed by atoms with Gasteiger partial charge in [0, 0.05) is 22.9 Å². The van der Waals surface area contributed by atoms with Crippen molar-refractivity contribution >= 4 is 39.1 Å². The van der Waals surface area contributed by atoms with Crippen molar-refractivity contribution in [1.82, 2.24) is 0 Å². The fourth-order valence-electron chi connectivity index (χ4n) is 5.71. The SMILES string of the molecule is Cc1ccc2c(oc3ccccc32)c1-c1cccc(N2c3ccccc3N(C(C)C)C2C)[n+]1C. The van der Waals surface area contributed by atoms with Crippen LogP contribution in [0.1, 0.15) is 26.3 Å². The number of hydrogen-bond donors (Lipinski definition) is 0. The molecule has 0 amide bonds. The van der Waals surface area contributed by atoms with E-state index in [2.05, 4.69) is 116 Å². The molecule has 34 heavy (non-hydrogen) atoms. The summed E-state index contributed by atoms with van der Waals surface area (Å²) in [7, 11) is 2.17. The zero-order valence-electron chi connectivity index (χ0n) is 20.4. The number of rotatable bonds is 3. The molecule has 1 aliphatic heterocycles. The lowest BCUT2D eigenvalue weighted by atomic mass is 10.0. The summed E-state index contributed by atoms with van der Waals surface area (Å²) in [5, 5.41) is 2.32. The summed E-state index contributed by atoms with van der Waals surface area (Å²) in [6.45, 7) is 8.98. The molecule has 5 aromatic rings. The molecule has 4 heteroatoms. The number of fused-ring (bicyclic) bond motifs is 4. The van der Waals surface area contributed by atoms with Crippen LogP contribution in [0, 0.1) is 6.92 Å². The number of pyridine rings is 1. The molecule has 0 N–H and O–H groups in total. The Morgan fingerprint density at radius 1 is 0.824 bits per heavy atom. The molecule has 1 atom stereocenters. The van der Waals surface area contributed by atoms with E-state index in [4.69, 9.17) is 4.42 Å². The molecular weight excluding hydrogens is 418 g/mol. The van der Waals surface area contributed by atoms with Gasteiger partial charge in [0.1, 0.15) is 16.9 Å². The molecule has 0 spiro atoms. The minimum absolute atomic E-state index is 0.210. The van der Waals surface area contributed by atoms with Crippen LogP contribution in [0.5, 0.6) is 0 Å². The maximum Gasteiger partial charge on any atom is 0.283 e. The number of benzene rings is 3. The Labute approximate surface area is 200 Å². The molecule has 3 aromatic carbocycles. The second-order valence-electron chi connectivity index (χ2n) is 9.55. The van der Waals surface area contributed by atoms with Gasteiger partial charge >= 0.3 is 0 Å². The van der Waals surface area contributed by atoms with Gasteiger partial charge in [-0.1, -0.05) is 42.5 Å². The Kier molecular flexibility index (Phi) is 4.66. The van der Waals surface area contributed by atoms with Gasteiger partial charge < -0.3 is 9.32 Å².